The van der Waals surface area contributed by atoms with Crippen LogP contribution >= 0.6 is 7.58 Å². The van der Waals surface area contributed by atoms with Gasteiger partial charge in [-0.1, -0.05) is 45.7 Å². The highest BCUT2D eigenvalue weighted by Crippen LogP contribution is 2.22. The van der Waals surface area contributed by atoms with Gasteiger partial charge in [0, 0.05) is 0 Å². The van der Waals surface area contributed by atoms with Crippen molar-refractivity contribution < 1.29 is 4.52 Å². The molecule has 0 spiro atoms. The molecule has 0 bridgehead atoms. The molecule has 0 aliphatic heterocycles. The Hall–Kier alpha value is -0.460. The van der Waals surface area contributed by atoms with E-state index in [1.54, 1.807) is 0 Å². The minimum Gasteiger partial charge on any atom is -0.429 e. The molecule has 1 nitrogen and oxygen atoms in total. The molecular weight excluding hydrogens is 259 g/mol. The topological polar surface area (TPSA) is 9.23 Å². The maximum absolute atomic E-state index is 5.25. The van der Waals surface area contributed by atoms with Crippen LogP contribution in [0.1, 0.15) is 45.6 Å². The third kappa shape index (κ3) is 5.93. The number of hydrogen-bond donors (Lipinski definition) is 0. The Bertz CT molecular complexity index is 350. The lowest BCUT2D eigenvalue weighted by Crippen LogP contribution is -2.06. The predicted molar refractivity (Wildman–Crippen MR) is 82.9 cm³/mol. The van der Waals surface area contributed by atoms with Gasteiger partial charge in [0.05, 0.1) is 0 Å². The molecule has 3 heteroatoms. The van der Waals surface area contributed by atoms with Crippen molar-refractivity contribution in [3.63, 3.8) is 0 Å². The van der Waals surface area contributed by atoms with E-state index in [1.807, 2.05) is 12.1 Å². The molecule has 1 aromatic rings. The molecule has 0 saturated heterocycles. The monoisotopic (exact) mass is 282 g/mol. The quantitative estimate of drug-likeness (QED) is 0.591. The second-order valence-corrected chi connectivity index (χ2v) is 6.03. The average molecular weight is 282 g/mol. The number of benzene rings is 1. The first-order valence-corrected chi connectivity index (χ1v) is 8.56. The van der Waals surface area contributed by atoms with Crippen molar-refractivity contribution in [1.29, 1.82) is 0 Å². The van der Waals surface area contributed by atoms with E-state index < -0.39 is 0 Å². The summed E-state index contributed by atoms with van der Waals surface area (Å²) in [6.45, 7) is 6.97. The van der Waals surface area contributed by atoms with Crippen molar-refractivity contribution in [2.75, 3.05) is 0 Å². The summed E-state index contributed by atoms with van der Waals surface area (Å²) in [6.07, 6.45) is 5.10. The lowest BCUT2D eigenvalue weighted by molar-refractivity contribution is 0.390. The SMILES string of the molecule is CCCC(C)CC(C)Cc1ccc(OP=S)cc1. The van der Waals surface area contributed by atoms with E-state index >= 15 is 0 Å². The second kappa shape index (κ2) is 8.61. The van der Waals surface area contributed by atoms with Crippen LogP contribution in [-0.2, 0) is 18.2 Å². The summed E-state index contributed by atoms with van der Waals surface area (Å²) in [6, 6.07) is 8.32. The molecule has 0 fully saturated rings. The molecule has 18 heavy (non-hydrogen) atoms. The molecule has 100 valence electrons. The van der Waals surface area contributed by atoms with Gasteiger partial charge in [0.15, 0.2) is 0 Å². The first kappa shape index (κ1) is 15.6. The Morgan fingerprint density at radius 2 is 1.83 bits per heavy atom. The molecule has 0 aromatic heterocycles. The van der Waals surface area contributed by atoms with Gasteiger partial charge in [-0.15, -0.1) is 0 Å². The van der Waals surface area contributed by atoms with Crippen LogP contribution < -0.4 is 4.52 Å². The lowest BCUT2D eigenvalue weighted by atomic mass is 9.89. The Morgan fingerprint density at radius 3 is 2.39 bits per heavy atom. The Morgan fingerprint density at radius 1 is 1.17 bits per heavy atom. The van der Waals surface area contributed by atoms with Crippen molar-refractivity contribution >= 4 is 19.4 Å². The van der Waals surface area contributed by atoms with Crippen molar-refractivity contribution in [2.45, 2.75) is 46.5 Å². The van der Waals surface area contributed by atoms with Crippen LogP contribution in [-0.4, -0.2) is 0 Å². The molecular formula is C15H23OPS. The fourth-order valence-electron chi connectivity index (χ4n) is 2.51. The van der Waals surface area contributed by atoms with Gasteiger partial charge in [0.1, 0.15) is 5.75 Å². The summed E-state index contributed by atoms with van der Waals surface area (Å²) in [5, 5.41) is 0. The van der Waals surface area contributed by atoms with Crippen molar-refractivity contribution in [3.05, 3.63) is 29.8 Å². The molecule has 0 radical (unpaired) electrons. The standard InChI is InChI=1S/C15H23OPS/c1-4-5-12(2)10-13(3)11-14-6-8-15(9-7-14)16-17-18/h6-9,12-13H,4-5,10-11H2,1-3H3. The van der Waals surface area contributed by atoms with Crippen LogP contribution in [0.5, 0.6) is 5.75 Å². The maximum atomic E-state index is 5.25. The number of rotatable bonds is 8. The molecule has 0 saturated carbocycles. The highest BCUT2D eigenvalue weighted by Gasteiger charge is 2.09. The van der Waals surface area contributed by atoms with Gasteiger partial charge < -0.3 is 4.52 Å². The smallest absolute Gasteiger partial charge is 0.205 e. The van der Waals surface area contributed by atoms with E-state index in [0.29, 0.717) is 7.58 Å². The van der Waals surface area contributed by atoms with Crippen molar-refractivity contribution in [2.24, 2.45) is 11.8 Å². The molecule has 2 unspecified atom stereocenters. The zero-order valence-corrected chi connectivity index (χ0v) is 13.3. The fourth-order valence-corrected chi connectivity index (χ4v) is 2.98. The van der Waals surface area contributed by atoms with Gasteiger partial charge in [-0.3, -0.25) is 0 Å². The summed E-state index contributed by atoms with van der Waals surface area (Å²) < 4.78 is 5.25. The van der Waals surface area contributed by atoms with Crippen LogP contribution in [0.2, 0.25) is 0 Å². The van der Waals surface area contributed by atoms with E-state index in [4.69, 9.17) is 16.3 Å². The minimum absolute atomic E-state index is 0.540. The van der Waals surface area contributed by atoms with Gasteiger partial charge in [-0.2, -0.15) is 0 Å². The van der Waals surface area contributed by atoms with Crippen LogP contribution in [0.3, 0.4) is 0 Å². The van der Waals surface area contributed by atoms with E-state index in [0.717, 1.165) is 24.0 Å². The van der Waals surface area contributed by atoms with Crippen molar-refractivity contribution in [3.8, 4) is 5.75 Å². The predicted octanol–water partition coefficient (Wildman–Crippen LogP) is 5.39. The van der Waals surface area contributed by atoms with Crippen LogP contribution in [0.15, 0.2) is 24.3 Å². The zero-order valence-electron chi connectivity index (χ0n) is 11.6. The minimum atomic E-state index is 0.540. The number of hydrogen-bond acceptors (Lipinski definition) is 2. The first-order valence-electron chi connectivity index (χ1n) is 6.74. The van der Waals surface area contributed by atoms with E-state index in [9.17, 15) is 0 Å². The molecule has 0 heterocycles. The first-order chi connectivity index (χ1) is 8.65. The van der Waals surface area contributed by atoms with E-state index in [-0.39, 0.29) is 0 Å². The summed E-state index contributed by atoms with van der Waals surface area (Å²) >= 11 is 4.76. The second-order valence-electron chi connectivity index (χ2n) is 5.25. The summed E-state index contributed by atoms with van der Waals surface area (Å²) in [5.74, 6) is 2.45. The Kier molecular flexibility index (Phi) is 7.46. The van der Waals surface area contributed by atoms with Gasteiger partial charge in [-0.05, 0) is 54.2 Å². The lowest BCUT2D eigenvalue weighted by Gasteiger charge is -2.16. The zero-order chi connectivity index (χ0) is 13.4. The third-order valence-corrected chi connectivity index (χ3v) is 3.75. The summed E-state index contributed by atoms with van der Waals surface area (Å²) in [5.41, 5.74) is 1.39. The molecule has 0 N–H and O–H groups in total. The Balaban J connectivity index is 2.43. The van der Waals surface area contributed by atoms with Gasteiger partial charge in [0.2, 0.25) is 7.58 Å². The van der Waals surface area contributed by atoms with Crippen LogP contribution in [0, 0.1) is 11.8 Å². The molecule has 1 aromatic carbocycles. The maximum Gasteiger partial charge on any atom is 0.205 e. The molecule has 0 aliphatic carbocycles. The normalized spacial score (nSPS) is 14.4. The molecule has 2 atom stereocenters. The van der Waals surface area contributed by atoms with Gasteiger partial charge in [0.25, 0.3) is 0 Å². The van der Waals surface area contributed by atoms with E-state index in [2.05, 4.69) is 32.9 Å². The van der Waals surface area contributed by atoms with Gasteiger partial charge in [-0.25, -0.2) is 0 Å². The van der Waals surface area contributed by atoms with Crippen LogP contribution in [0.4, 0.5) is 0 Å². The van der Waals surface area contributed by atoms with Gasteiger partial charge >= 0.3 is 0 Å². The summed E-state index contributed by atoms with van der Waals surface area (Å²) in [7, 11) is 0.540. The highest BCUT2D eigenvalue weighted by atomic mass is 32.4. The van der Waals surface area contributed by atoms with Crippen molar-refractivity contribution in [1.82, 2.24) is 0 Å². The largest absolute Gasteiger partial charge is 0.429 e. The molecule has 0 amide bonds. The van der Waals surface area contributed by atoms with Crippen LogP contribution in [0.25, 0.3) is 0 Å². The molecule has 1 rings (SSSR count). The molecule has 0 aliphatic rings. The average Bonchev–Trinajstić information content (AvgIpc) is 2.32. The van der Waals surface area contributed by atoms with E-state index in [1.165, 1.54) is 24.8 Å². The highest BCUT2D eigenvalue weighted by molar-refractivity contribution is 7.94. The summed E-state index contributed by atoms with van der Waals surface area (Å²) in [4.78, 5) is 0. The fraction of sp³-hybridized carbons (Fsp3) is 0.600. The Labute approximate surface area is 118 Å². The third-order valence-electron chi connectivity index (χ3n) is 3.24.